The van der Waals surface area contributed by atoms with Gasteiger partial charge in [0.15, 0.2) is 5.71 Å². The Hall–Kier alpha value is -4.23. The second-order valence-corrected chi connectivity index (χ2v) is 7.48. The van der Waals surface area contributed by atoms with E-state index in [0.717, 1.165) is 12.0 Å². The molecule has 0 heterocycles. The topological polar surface area (TPSA) is 96.3 Å². The van der Waals surface area contributed by atoms with E-state index in [0.29, 0.717) is 16.4 Å². The lowest BCUT2D eigenvalue weighted by Crippen LogP contribution is -2.37. The minimum absolute atomic E-state index is 0.160. The van der Waals surface area contributed by atoms with Crippen LogP contribution < -0.4 is 4.90 Å². The molecule has 0 aliphatic heterocycles. The van der Waals surface area contributed by atoms with Crippen LogP contribution in [0, 0.1) is 0 Å². The molecule has 3 rings (SSSR count). The molecule has 0 bridgehead atoms. The van der Waals surface area contributed by atoms with Crippen LogP contribution in [0.3, 0.4) is 0 Å². The number of rotatable bonds is 7. The van der Waals surface area contributed by atoms with Crippen molar-refractivity contribution in [2.75, 3.05) is 19.1 Å². The van der Waals surface area contributed by atoms with Gasteiger partial charge in [-0.2, -0.15) is 0 Å². The van der Waals surface area contributed by atoms with Crippen molar-refractivity contribution < 1.29 is 24.2 Å². The van der Waals surface area contributed by atoms with Crippen molar-refractivity contribution in [3.8, 4) is 0 Å². The summed E-state index contributed by atoms with van der Waals surface area (Å²) in [6, 6.07) is 22.7. The van der Waals surface area contributed by atoms with Gasteiger partial charge >= 0.3 is 5.97 Å². The third-order valence-electron chi connectivity index (χ3n) is 4.84. The van der Waals surface area contributed by atoms with Crippen molar-refractivity contribution >= 4 is 52.1 Å². The highest BCUT2D eigenvalue weighted by atomic mass is 35.5. The highest BCUT2D eigenvalue weighted by molar-refractivity contribution is 6.62. The molecule has 1 amide bonds. The molecule has 0 fully saturated rings. The number of anilines is 1. The van der Waals surface area contributed by atoms with Crippen LogP contribution in [-0.2, 0) is 19.1 Å². The number of likely N-dealkylation sites (N-methyl/N-ethyl adjacent to an activating group) is 1. The highest BCUT2D eigenvalue weighted by Gasteiger charge is 2.34. The molecule has 0 spiro atoms. The van der Waals surface area contributed by atoms with Crippen LogP contribution >= 0.6 is 11.6 Å². The SMILES string of the molecule is COC(=O)C(=Nc1ccccc1)/C(C(=O)C(=O)N(C)c1ccccc1)=C(\O)c1ccc(Cl)cc1. The van der Waals surface area contributed by atoms with E-state index in [-0.39, 0.29) is 5.56 Å². The Morgan fingerprint density at radius 1 is 0.882 bits per heavy atom. The highest BCUT2D eigenvalue weighted by Crippen LogP contribution is 2.24. The summed E-state index contributed by atoms with van der Waals surface area (Å²) in [6.45, 7) is 0. The number of ether oxygens (including phenoxy) is 1. The summed E-state index contributed by atoms with van der Waals surface area (Å²) in [6.07, 6.45) is 0. The first-order chi connectivity index (χ1) is 16.3. The number of methoxy groups -OCH3 is 1. The zero-order valence-corrected chi connectivity index (χ0v) is 19.2. The van der Waals surface area contributed by atoms with Gasteiger partial charge in [-0.3, -0.25) is 9.59 Å². The van der Waals surface area contributed by atoms with Crippen LogP contribution in [0.25, 0.3) is 5.76 Å². The van der Waals surface area contributed by atoms with Crippen molar-refractivity contribution in [3.63, 3.8) is 0 Å². The molecule has 0 saturated carbocycles. The summed E-state index contributed by atoms with van der Waals surface area (Å²) in [7, 11) is 2.53. The van der Waals surface area contributed by atoms with Crippen molar-refractivity contribution in [3.05, 3.63) is 101 Å². The van der Waals surface area contributed by atoms with E-state index in [4.69, 9.17) is 16.3 Å². The summed E-state index contributed by atoms with van der Waals surface area (Å²) >= 11 is 5.94. The van der Waals surface area contributed by atoms with Gasteiger partial charge in [-0.15, -0.1) is 0 Å². The number of nitrogens with zero attached hydrogens (tertiary/aromatic N) is 2. The van der Waals surface area contributed by atoms with Gasteiger partial charge in [-0.05, 0) is 48.5 Å². The zero-order valence-electron chi connectivity index (χ0n) is 18.4. The van der Waals surface area contributed by atoms with Gasteiger partial charge in [0.2, 0.25) is 0 Å². The average molecular weight is 477 g/mol. The molecular weight excluding hydrogens is 456 g/mol. The third kappa shape index (κ3) is 5.57. The number of para-hydroxylation sites is 2. The Balaban J connectivity index is 2.20. The van der Waals surface area contributed by atoms with Gasteiger partial charge in [-0.25, -0.2) is 9.79 Å². The van der Waals surface area contributed by atoms with Gasteiger partial charge in [-0.1, -0.05) is 48.0 Å². The van der Waals surface area contributed by atoms with E-state index in [9.17, 15) is 19.5 Å². The van der Waals surface area contributed by atoms with Crippen LogP contribution in [0.4, 0.5) is 11.4 Å². The van der Waals surface area contributed by atoms with E-state index in [1.165, 1.54) is 31.3 Å². The lowest BCUT2D eigenvalue weighted by Gasteiger charge is -2.18. The molecule has 1 N–H and O–H groups in total. The van der Waals surface area contributed by atoms with Crippen LogP contribution in [0.5, 0.6) is 0 Å². The van der Waals surface area contributed by atoms with E-state index < -0.39 is 34.7 Å². The van der Waals surface area contributed by atoms with Crippen LogP contribution in [0.2, 0.25) is 5.02 Å². The van der Waals surface area contributed by atoms with Gasteiger partial charge in [0, 0.05) is 23.3 Å². The molecule has 0 atom stereocenters. The second-order valence-electron chi connectivity index (χ2n) is 7.05. The number of hydrogen-bond acceptors (Lipinski definition) is 6. The lowest BCUT2D eigenvalue weighted by molar-refractivity contribution is -0.134. The fraction of sp³-hybridized carbons (Fsp3) is 0.0769. The normalized spacial score (nSPS) is 11.9. The molecule has 172 valence electrons. The molecule has 3 aromatic carbocycles. The molecule has 3 aromatic rings. The Bertz CT molecular complexity index is 1250. The molecule has 0 aromatic heterocycles. The number of ketones is 1. The van der Waals surface area contributed by atoms with Crippen LogP contribution in [0.15, 0.2) is 95.5 Å². The molecule has 0 radical (unpaired) electrons. The van der Waals surface area contributed by atoms with Gasteiger partial charge in [0.1, 0.15) is 11.3 Å². The first-order valence-corrected chi connectivity index (χ1v) is 10.5. The average Bonchev–Trinajstić information content (AvgIpc) is 2.88. The number of aliphatic hydroxyl groups is 1. The summed E-state index contributed by atoms with van der Waals surface area (Å²) in [5, 5.41) is 11.5. The van der Waals surface area contributed by atoms with E-state index in [1.807, 2.05) is 0 Å². The summed E-state index contributed by atoms with van der Waals surface area (Å²) in [5.74, 6) is -3.73. The summed E-state index contributed by atoms with van der Waals surface area (Å²) < 4.78 is 4.83. The minimum atomic E-state index is -1.14. The maximum absolute atomic E-state index is 13.5. The molecule has 34 heavy (non-hydrogen) atoms. The number of hydrogen-bond donors (Lipinski definition) is 1. The molecule has 7 nitrogen and oxygen atoms in total. The monoisotopic (exact) mass is 476 g/mol. The zero-order chi connectivity index (χ0) is 24.7. The van der Waals surface area contributed by atoms with Gasteiger partial charge in [0.25, 0.3) is 11.7 Å². The van der Waals surface area contributed by atoms with Crippen LogP contribution in [-0.4, -0.2) is 42.6 Å². The van der Waals surface area contributed by atoms with Crippen molar-refractivity contribution in [1.29, 1.82) is 0 Å². The Morgan fingerprint density at radius 3 is 2.00 bits per heavy atom. The number of benzene rings is 3. The number of carbonyl (C=O) groups excluding carboxylic acids is 3. The first-order valence-electron chi connectivity index (χ1n) is 10.1. The molecule has 0 aliphatic carbocycles. The number of aliphatic imine (C=N–C) groups is 1. The van der Waals surface area contributed by atoms with Gasteiger partial charge in [0.05, 0.1) is 12.8 Å². The number of halogens is 1. The largest absolute Gasteiger partial charge is 0.506 e. The van der Waals surface area contributed by atoms with Crippen molar-refractivity contribution in [2.45, 2.75) is 0 Å². The Morgan fingerprint density at radius 2 is 1.44 bits per heavy atom. The van der Waals surface area contributed by atoms with E-state index in [1.54, 1.807) is 60.7 Å². The second kappa shape index (κ2) is 11.1. The first kappa shape index (κ1) is 24.4. The number of aliphatic hydroxyl groups excluding tert-OH is 1. The molecule has 0 aliphatic rings. The molecule has 0 unspecified atom stereocenters. The smallest absolute Gasteiger partial charge is 0.357 e. The lowest BCUT2D eigenvalue weighted by atomic mass is 9.98. The standard InChI is InChI=1S/C26H21ClN2O5/c1-29(20-11-7-4-8-12-20)25(32)24(31)21(23(30)17-13-15-18(27)16-14-17)22(26(33)34-2)28-19-9-5-3-6-10-19/h3-16,30H,1-2H3/b23-21+,28-22?. The van der Waals surface area contributed by atoms with Gasteiger partial charge < -0.3 is 14.7 Å². The number of carbonyl (C=O) groups is 3. The van der Waals surface area contributed by atoms with E-state index in [2.05, 4.69) is 4.99 Å². The van der Waals surface area contributed by atoms with Crippen LogP contribution in [0.1, 0.15) is 5.56 Å². The van der Waals surface area contributed by atoms with E-state index >= 15 is 0 Å². The minimum Gasteiger partial charge on any atom is -0.506 e. The molecule has 8 heteroatoms. The number of Topliss-reactive ketones (excluding diaryl/α,β-unsaturated/α-hetero) is 1. The third-order valence-corrected chi connectivity index (χ3v) is 5.09. The molecule has 0 saturated heterocycles. The van der Waals surface area contributed by atoms with Crippen molar-refractivity contribution in [1.82, 2.24) is 0 Å². The Kier molecular flexibility index (Phi) is 7.95. The summed E-state index contributed by atoms with van der Waals surface area (Å²) in [4.78, 5) is 44.7. The number of esters is 1. The maximum atomic E-state index is 13.5. The quantitative estimate of drug-likeness (QED) is 0.174. The Labute approximate surface area is 201 Å². The predicted octanol–water partition coefficient (Wildman–Crippen LogP) is 4.79. The maximum Gasteiger partial charge on any atom is 0.357 e. The number of amides is 1. The predicted molar refractivity (Wildman–Crippen MR) is 131 cm³/mol. The molecular formula is C26H21ClN2O5. The van der Waals surface area contributed by atoms with Crippen molar-refractivity contribution in [2.24, 2.45) is 4.99 Å². The summed E-state index contributed by atoms with van der Waals surface area (Å²) in [5.41, 5.74) is -0.175. The fourth-order valence-electron chi connectivity index (χ4n) is 3.04. The fourth-order valence-corrected chi connectivity index (χ4v) is 3.17.